The zero-order valence-electron chi connectivity index (χ0n) is 11.6. The second-order valence-electron chi connectivity index (χ2n) is 4.80. The maximum atomic E-state index is 11.8. The number of benzene rings is 1. The topological polar surface area (TPSA) is 91.2 Å². The molecule has 0 spiro atoms. The molecule has 2 rings (SSSR count). The van der Waals surface area contributed by atoms with Crippen LogP contribution >= 0.6 is 0 Å². The summed E-state index contributed by atoms with van der Waals surface area (Å²) in [7, 11) is 0. The summed E-state index contributed by atoms with van der Waals surface area (Å²) in [5.74, 6) is -0.163. The Morgan fingerprint density at radius 2 is 2.24 bits per heavy atom. The van der Waals surface area contributed by atoms with Gasteiger partial charge in [-0.1, -0.05) is 12.1 Å². The minimum absolute atomic E-state index is 0.154. The number of amides is 2. The van der Waals surface area contributed by atoms with Crippen LogP contribution in [0, 0.1) is 11.3 Å². The SMILES string of the molecule is N#Cc1ccccc1OCC(=O)N[C@@H]1CCCCNC1=O. The van der Waals surface area contributed by atoms with Gasteiger partial charge < -0.3 is 15.4 Å². The summed E-state index contributed by atoms with van der Waals surface area (Å²) in [6, 6.07) is 8.19. The summed E-state index contributed by atoms with van der Waals surface area (Å²) < 4.78 is 5.33. The number of nitrogens with zero attached hydrogens (tertiary/aromatic N) is 1. The van der Waals surface area contributed by atoms with Crippen molar-refractivity contribution in [2.75, 3.05) is 13.2 Å². The van der Waals surface area contributed by atoms with Crippen molar-refractivity contribution in [3.05, 3.63) is 29.8 Å². The van der Waals surface area contributed by atoms with Crippen LogP contribution in [0.25, 0.3) is 0 Å². The van der Waals surface area contributed by atoms with Gasteiger partial charge in [-0.25, -0.2) is 0 Å². The highest BCUT2D eigenvalue weighted by Crippen LogP contribution is 2.16. The van der Waals surface area contributed by atoms with E-state index in [1.54, 1.807) is 24.3 Å². The number of nitrogens with one attached hydrogen (secondary N) is 2. The van der Waals surface area contributed by atoms with Gasteiger partial charge in [0.1, 0.15) is 17.9 Å². The van der Waals surface area contributed by atoms with Crippen molar-refractivity contribution in [2.45, 2.75) is 25.3 Å². The molecule has 6 heteroatoms. The molecule has 0 saturated carbocycles. The van der Waals surface area contributed by atoms with Gasteiger partial charge in [0.05, 0.1) is 5.56 Å². The maximum absolute atomic E-state index is 11.8. The minimum atomic E-state index is -0.505. The summed E-state index contributed by atoms with van der Waals surface area (Å²) in [6.45, 7) is 0.430. The predicted molar refractivity (Wildman–Crippen MR) is 75.4 cm³/mol. The van der Waals surface area contributed by atoms with E-state index in [0.29, 0.717) is 24.3 Å². The molecule has 1 saturated heterocycles. The van der Waals surface area contributed by atoms with Crippen molar-refractivity contribution < 1.29 is 14.3 Å². The molecule has 0 unspecified atom stereocenters. The summed E-state index contributed by atoms with van der Waals surface area (Å²) in [5, 5.41) is 14.3. The van der Waals surface area contributed by atoms with Crippen molar-refractivity contribution in [1.29, 1.82) is 5.26 Å². The molecule has 0 aliphatic carbocycles. The van der Waals surface area contributed by atoms with Crippen molar-refractivity contribution in [3.8, 4) is 11.8 Å². The van der Waals surface area contributed by atoms with Crippen LogP contribution in [0.2, 0.25) is 0 Å². The molecule has 1 aromatic rings. The Bertz CT molecular complexity index is 566. The van der Waals surface area contributed by atoms with Gasteiger partial charge in [-0.3, -0.25) is 9.59 Å². The first kappa shape index (κ1) is 14.9. The molecule has 1 heterocycles. The molecule has 0 aromatic heterocycles. The first-order valence-corrected chi connectivity index (χ1v) is 6.89. The Morgan fingerprint density at radius 1 is 1.43 bits per heavy atom. The van der Waals surface area contributed by atoms with Gasteiger partial charge in [0.25, 0.3) is 5.91 Å². The molecule has 6 nitrogen and oxygen atoms in total. The van der Waals surface area contributed by atoms with E-state index >= 15 is 0 Å². The van der Waals surface area contributed by atoms with Crippen molar-refractivity contribution >= 4 is 11.8 Å². The van der Waals surface area contributed by atoms with E-state index < -0.39 is 6.04 Å². The third kappa shape index (κ3) is 4.21. The molecule has 110 valence electrons. The number of para-hydroxylation sites is 1. The normalized spacial score (nSPS) is 18.0. The van der Waals surface area contributed by atoms with Crippen molar-refractivity contribution in [1.82, 2.24) is 10.6 Å². The van der Waals surface area contributed by atoms with Gasteiger partial charge in [-0.05, 0) is 31.4 Å². The molecule has 1 aliphatic heterocycles. The van der Waals surface area contributed by atoms with Gasteiger partial charge in [-0.2, -0.15) is 5.26 Å². The van der Waals surface area contributed by atoms with Crippen molar-refractivity contribution in [3.63, 3.8) is 0 Å². The fourth-order valence-corrected chi connectivity index (χ4v) is 2.14. The second kappa shape index (κ2) is 7.29. The number of hydrogen-bond acceptors (Lipinski definition) is 4. The van der Waals surface area contributed by atoms with E-state index in [-0.39, 0.29) is 18.4 Å². The van der Waals surface area contributed by atoms with E-state index in [4.69, 9.17) is 10.00 Å². The lowest BCUT2D eigenvalue weighted by atomic mass is 10.1. The van der Waals surface area contributed by atoms with E-state index in [9.17, 15) is 9.59 Å². The Labute approximate surface area is 123 Å². The standard InChI is InChI=1S/C15H17N3O3/c16-9-11-5-1-2-7-13(11)21-10-14(19)18-12-6-3-4-8-17-15(12)20/h1-2,5,7,12H,3-4,6,8,10H2,(H,17,20)(H,18,19)/t12-/m1/s1. The Hall–Kier alpha value is -2.55. The number of ether oxygens (including phenoxy) is 1. The van der Waals surface area contributed by atoms with Gasteiger partial charge in [-0.15, -0.1) is 0 Å². The molecule has 1 atom stereocenters. The lowest BCUT2D eigenvalue weighted by molar-refractivity contribution is -0.129. The molecule has 0 radical (unpaired) electrons. The smallest absolute Gasteiger partial charge is 0.258 e. The molecule has 21 heavy (non-hydrogen) atoms. The molecular weight excluding hydrogens is 270 g/mol. The summed E-state index contributed by atoms with van der Waals surface area (Å²) >= 11 is 0. The highest BCUT2D eigenvalue weighted by Gasteiger charge is 2.22. The van der Waals surface area contributed by atoms with Crippen LogP contribution in [0.15, 0.2) is 24.3 Å². The van der Waals surface area contributed by atoms with E-state index in [1.807, 2.05) is 6.07 Å². The molecule has 1 aliphatic rings. The number of nitriles is 1. The van der Waals surface area contributed by atoms with Gasteiger partial charge >= 0.3 is 0 Å². The van der Waals surface area contributed by atoms with Crippen molar-refractivity contribution in [2.24, 2.45) is 0 Å². The Kier molecular flexibility index (Phi) is 5.16. The number of carbonyl (C=O) groups is 2. The van der Waals surface area contributed by atoms with Crippen LogP contribution in [0.4, 0.5) is 0 Å². The third-order valence-electron chi connectivity index (χ3n) is 3.24. The maximum Gasteiger partial charge on any atom is 0.258 e. The van der Waals surface area contributed by atoms with Crippen LogP contribution in [-0.4, -0.2) is 31.0 Å². The fourth-order valence-electron chi connectivity index (χ4n) is 2.14. The zero-order chi connectivity index (χ0) is 15.1. The molecule has 1 aromatic carbocycles. The first-order chi connectivity index (χ1) is 10.2. The number of carbonyl (C=O) groups excluding carboxylic acids is 2. The Morgan fingerprint density at radius 3 is 3.05 bits per heavy atom. The zero-order valence-corrected chi connectivity index (χ0v) is 11.6. The molecular formula is C15H17N3O3. The first-order valence-electron chi connectivity index (χ1n) is 6.89. The second-order valence-corrected chi connectivity index (χ2v) is 4.80. The lowest BCUT2D eigenvalue weighted by Crippen LogP contribution is -2.46. The number of hydrogen-bond donors (Lipinski definition) is 2. The average Bonchev–Trinajstić information content (AvgIpc) is 2.70. The van der Waals surface area contributed by atoms with E-state index in [1.165, 1.54) is 0 Å². The number of rotatable bonds is 4. The monoisotopic (exact) mass is 287 g/mol. The van der Waals surface area contributed by atoms with Crippen LogP contribution < -0.4 is 15.4 Å². The summed E-state index contributed by atoms with van der Waals surface area (Å²) in [6.07, 6.45) is 2.44. The highest BCUT2D eigenvalue weighted by molar-refractivity contribution is 5.88. The quantitative estimate of drug-likeness (QED) is 0.853. The van der Waals surface area contributed by atoms with Gasteiger partial charge in [0, 0.05) is 6.54 Å². The predicted octanol–water partition coefficient (Wildman–Crippen LogP) is 0.722. The largest absolute Gasteiger partial charge is 0.482 e. The van der Waals surface area contributed by atoms with Crippen LogP contribution in [-0.2, 0) is 9.59 Å². The summed E-state index contributed by atoms with van der Waals surface area (Å²) in [4.78, 5) is 23.6. The molecule has 2 N–H and O–H groups in total. The van der Waals surface area contributed by atoms with E-state index in [2.05, 4.69) is 10.6 Å². The highest BCUT2D eigenvalue weighted by atomic mass is 16.5. The van der Waals surface area contributed by atoms with Crippen LogP contribution in [0.3, 0.4) is 0 Å². The summed E-state index contributed by atoms with van der Waals surface area (Å²) in [5.41, 5.74) is 0.373. The minimum Gasteiger partial charge on any atom is -0.482 e. The van der Waals surface area contributed by atoms with E-state index in [0.717, 1.165) is 12.8 Å². The van der Waals surface area contributed by atoms with Gasteiger partial charge in [0.15, 0.2) is 6.61 Å². The average molecular weight is 287 g/mol. The Balaban J connectivity index is 1.87. The third-order valence-corrected chi connectivity index (χ3v) is 3.24. The van der Waals surface area contributed by atoms with Crippen LogP contribution in [0.5, 0.6) is 5.75 Å². The molecule has 0 bridgehead atoms. The fraction of sp³-hybridized carbons (Fsp3) is 0.400. The molecule has 2 amide bonds. The lowest BCUT2D eigenvalue weighted by Gasteiger charge is -2.15. The van der Waals surface area contributed by atoms with Gasteiger partial charge in [0.2, 0.25) is 5.91 Å². The molecule has 1 fully saturated rings. The van der Waals surface area contributed by atoms with Crippen LogP contribution in [0.1, 0.15) is 24.8 Å².